The Bertz CT molecular complexity index is 338. The lowest BCUT2D eigenvalue weighted by Crippen LogP contribution is -2.19. The van der Waals surface area contributed by atoms with E-state index < -0.39 is 0 Å². The zero-order valence-corrected chi connectivity index (χ0v) is 12.5. The largest absolute Gasteiger partial charge is 0.508 e. The van der Waals surface area contributed by atoms with Gasteiger partial charge in [0.2, 0.25) is 0 Å². The molecule has 0 aliphatic heterocycles. The molecule has 0 fully saturated rings. The van der Waals surface area contributed by atoms with Gasteiger partial charge in [-0.15, -0.1) is 0 Å². The number of unbranched alkanes of at least 4 members (excludes halogenated alkanes) is 6. The van der Waals surface area contributed by atoms with Crippen molar-refractivity contribution >= 4 is 0 Å². The van der Waals surface area contributed by atoms with Crippen LogP contribution >= 0.6 is 0 Å². The molecule has 2 nitrogen and oxygen atoms in total. The van der Waals surface area contributed by atoms with Crippen molar-refractivity contribution in [2.45, 2.75) is 64.8 Å². The summed E-state index contributed by atoms with van der Waals surface area (Å²) in [5.41, 5.74) is 0.991. The van der Waals surface area contributed by atoms with E-state index in [1.54, 1.807) is 6.07 Å². The number of rotatable bonds is 10. The summed E-state index contributed by atoms with van der Waals surface area (Å²) >= 11 is 0. The lowest BCUT2D eigenvalue weighted by Gasteiger charge is -2.15. The summed E-state index contributed by atoms with van der Waals surface area (Å²) in [6.07, 6.45) is 9.35. The van der Waals surface area contributed by atoms with Gasteiger partial charge in [0.05, 0.1) is 0 Å². The molecule has 2 heteroatoms. The molecule has 0 radical (unpaired) electrons. The molecule has 0 aromatic heterocycles. The highest BCUT2D eigenvalue weighted by Crippen LogP contribution is 2.22. The Hall–Kier alpha value is -1.02. The first kappa shape index (κ1) is 16.0. The van der Waals surface area contributed by atoms with Crippen molar-refractivity contribution in [2.24, 2.45) is 0 Å². The second-order valence-corrected chi connectivity index (χ2v) is 5.36. The number of para-hydroxylation sites is 1. The van der Waals surface area contributed by atoms with Crippen molar-refractivity contribution in [1.82, 2.24) is 5.32 Å². The van der Waals surface area contributed by atoms with Gasteiger partial charge < -0.3 is 10.4 Å². The molecule has 1 atom stereocenters. The van der Waals surface area contributed by atoms with E-state index >= 15 is 0 Å². The normalized spacial score (nSPS) is 12.5. The highest BCUT2D eigenvalue weighted by Gasteiger charge is 2.07. The van der Waals surface area contributed by atoms with Crippen molar-refractivity contribution in [1.29, 1.82) is 0 Å². The third-order valence-corrected chi connectivity index (χ3v) is 3.63. The van der Waals surface area contributed by atoms with Crippen LogP contribution in [0.5, 0.6) is 5.75 Å². The summed E-state index contributed by atoms with van der Waals surface area (Å²) in [6.45, 7) is 5.39. The first-order valence-corrected chi connectivity index (χ1v) is 7.77. The van der Waals surface area contributed by atoms with Crippen LogP contribution in [0.4, 0.5) is 0 Å². The Morgan fingerprint density at radius 3 is 2.32 bits per heavy atom. The molecular weight excluding hydrogens is 234 g/mol. The predicted molar refractivity (Wildman–Crippen MR) is 82.5 cm³/mol. The van der Waals surface area contributed by atoms with E-state index in [0.717, 1.165) is 12.1 Å². The van der Waals surface area contributed by atoms with Crippen LogP contribution in [0.15, 0.2) is 24.3 Å². The molecule has 0 bridgehead atoms. The van der Waals surface area contributed by atoms with E-state index in [0.29, 0.717) is 5.75 Å². The standard InChI is InChI=1S/C17H29NO/c1-3-4-5-6-7-8-11-14-18-15(2)16-12-9-10-13-17(16)19/h9-10,12-13,15,18-19H,3-8,11,14H2,1-2H3. The van der Waals surface area contributed by atoms with Gasteiger partial charge in [0.1, 0.15) is 5.75 Å². The van der Waals surface area contributed by atoms with E-state index in [1.165, 1.54) is 44.9 Å². The Labute approximate surface area is 118 Å². The smallest absolute Gasteiger partial charge is 0.120 e. The number of hydrogen-bond donors (Lipinski definition) is 2. The number of nitrogens with one attached hydrogen (secondary N) is 1. The summed E-state index contributed by atoms with van der Waals surface area (Å²) in [6, 6.07) is 7.79. The summed E-state index contributed by atoms with van der Waals surface area (Å²) in [5.74, 6) is 0.391. The first-order valence-electron chi connectivity index (χ1n) is 7.77. The molecule has 19 heavy (non-hydrogen) atoms. The average Bonchev–Trinajstić information content (AvgIpc) is 2.42. The Morgan fingerprint density at radius 1 is 1.00 bits per heavy atom. The molecule has 1 aromatic rings. The molecule has 0 aliphatic carbocycles. The molecule has 0 heterocycles. The fourth-order valence-corrected chi connectivity index (χ4v) is 2.36. The van der Waals surface area contributed by atoms with Gasteiger partial charge in [-0.3, -0.25) is 0 Å². The summed E-state index contributed by atoms with van der Waals surface area (Å²) < 4.78 is 0. The highest BCUT2D eigenvalue weighted by atomic mass is 16.3. The maximum atomic E-state index is 9.76. The number of benzene rings is 1. The minimum absolute atomic E-state index is 0.223. The van der Waals surface area contributed by atoms with Crippen molar-refractivity contribution in [3.63, 3.8) is 0 Å². The van der Waals surface area contributed by atoms with Crippen LogP contribution < -0.4 is 5.32 Å². The monoisotopic (exact) mass is 263 g/mol. The van der Waals surface area contributed by atoms with Gasteiger partial charge in [0, 0.05) is 11.6 Å². The number of phenols is 1. The second-order valence-electron chi connectivity index (χ2n) is 5.36. The lowest BCUT2D eigenvalue weighted by molar-refractivity contribution is 0.450. The lowest BCUT2D eigenvalue weighted by atomic mass is 10.1. The molecule has 0 saturated heterocycles. The molecule has 0 saturated carbocycles. The van der Waals surface area contributed by atoms with Gasteiger partial charge in [-0.25, -0.2) is 0 Å². The van der Waals surface area contributed by atoms with E-state index in [9.17, 15) is 5.11 Å². The molecule has 1 unspecified atom stereocenters. The third kappa shape index (κ3) is 6.63. The number of phenolic OH excluding ortho intramolecular Hbond substituents is 1. The maximum absolute atomic E-state index is 9.76. The first-order chi connectivity index (χ1) is 9.25. The van der Waals surface area contributed by atoms with Gasteiger partial charge in [0.15, 0.2) is 0 Å². The summed E-state index contributed by atoms with van der Waals surface area (Å²) in [7, 11) is 0. The topological polar surface area (TPSA) is 32.3 Å². The molecule has 0 aliphatic rings. The van der Waals surface area contributed by atoms with E-state index in [1.807, 2.05) is 18.2 Å². The zero-order chi connectivity index (χ0) is 13.9. The average molecular weight is 263 g/mol. The van der Waals surface area contributed by atoms with Crippen LogP contribution in [0.3, 0.4) is 0 Å². The molecule has 1 rings (SSSR count). The van der Waals surface area contributed by atoms with Crippen LogP contribution in [0.25, 0.3) is 0 Å². The van der Waals surface area contributed by atoms with Gasteiger partial charge in [-0.05, 0) is 26.0 Å². The fraction of sp³-hybridized carbons (Fsp3) is 0.647. The Kier molecular flexibility index (Phi) is 8.31. The van der Waals surface area contributed by atoms with Crippen LogP contribution in [0.2, 0.25) is 0 Å². The van der Waals surface area contributed by atoms with Crippen LogP contribution in [-0.2, 0) is 0 Å². The van der Waals surface area contributed by atoms with E-state index in [2.05, 4.69) is 19.2 Å². The second kappa shape index (κ2) is 9.85. The van der Waals surface area contributed by atoms with Gasteiger partial charge in [-0.2, -0.15) is 0 Å². The number of hydrogen-bond acceptors (Lipinski definition) is 2. The van der Waals surface area contributed by atoms with Crippen molar-refractivity contribution < 1.29 is 5.11 Å². The minimum Gasteiger partial charge on any atom is -0.508 e. The minimum atomic E-state index is 0.223. The summed E-state index contributed by atoms with van der Waals surface area (Å²) in [4.78, 5) is 0. The molecule has 2 N–H and O–H groups in total. The third-order valence-electron chi connectivity index (χ3n) is 3.63. The quantitative estimate of drug-likeness (QED) is 0.595. The molecule has 108 valence electrons. The van der Waals surface area contributed by atoms with Gasteiger partial charge in [0.25, 0.3) is 0 Å². The molecular formula is C17H29NO. The zero-order valence-electron chi connectivity index (χ0n) is 12.5. The van der Waals surface area contributed by atoms with Crippen molar-refractivity contribution in [3.05, 3.63) is 29.8 Å². The van der Waals surface area contributed by atoms with Crippen molar-refractivity contribution in [3.8, 4) is 5.75 Å². The van der Waals surface area contributed by atoms with Gasteiger partial charge >= 0.3 is 0 Å². The van der Waals surface area contributed by atoms with Crippen LogP contribution in [-0.4, -0.2) is 11.7 Å². The predicted octanol–water partition coefficient (Wildman–Crippen LogP) is 4.79. The van der Waals surface area contributed by atoms with E-state index in [-0.39, 0.29) is 6.04 Å². The SMILES string of the molecule is CCCCCCCCCNC(C)c1ccccc1O. The number of aromatic hydroxyl groups is 1. The highest BCUT2D eigenvalue weighted by molar-refractivity contribution is 5.33. The Balaban J connectivity index is 2.08. The maximum Gasteiger partial charge on any atom is 0.120 e. The molecule has 0 spiro atoms. The molecule has 0 amide bonds. The molecule has 1 aromatic carbocycles. The fourth-order valence-electron chi connectivity index (χ4n) is 2.36. The van der Waals surface area contributed by atoms with E-state index in [4.69, 9.17) is 0 Å². The summed E-state index contributed by atoms with van der Waals surface area (Å²) in [5, 5.41) is 13.2. The van der Waals surface area contributed by atoms with Crippen LogP contribution in [0.1, 0.15) is 70.4 Å². The van der Waals surface area contributed by atoms with Crippen molar-refractivity contribution in [2.75, 3.05) is 6.54 Å². The van der Waals surface area contributed by atoms with Crippen LogP contribution in [0, 0.1) is 0 Å². The Morgan fingerprint density at radius 2 is 1.63 bits per heavy atom. The van der Waals surface area contributed by atoms with Gasteiger partial charge in [-0.1, -0.05) is 63.6 Å².